The number of carbonyl (C=O) groups is 1. The lowest BCUT2D eigenvalue weighted by atomic mass is 9.87. The molecule has 7 heteroatoms. The van der Waals surface area contributed by atoms with Crippen LogP contribution in [0.5, 0.6) is 0 Å². The lowest BCUT2D eigenvalue weighted by Crippen LogP contribution is -2.42. The van der Waals surface area contributed by atoms with Gasteiger partial charge >= 0.3 is 0 Å². The van der Waals surface area contributed by atoms with Crippen molar-refractivity contribution in [2.24, 2.45) is 13.0 Å². The number of amides is 1. The van der Waals surface area contributed by atoms with Crippen LogP contribution < -0.4 is 0 Å². The van der Waals surface area contributed by atoms with Crippen molar-refractivity contribution in [1.29, 1.82) is 0 Å². The van der Waals surface area contributed by atoms with E-state index in [-0.39, 0.29) is 5.91 Å². The Morgan fingerprint density at radius 2 is 2.18 bits per heavy atom. The average molecular weight is 419 g/mol. The fourth-order valence-electron chi connectivity index (χ4n) is 4.39. The van der Waals surface area contributed by atoms with Crippen LogP contribution in [0.15, 0.2) is 11.2 Å². The Labute approximate surface area is 175 Å². The first-order valence-electron chi connectivity index (χ1n) is 10.5. The number of likely N-dealkylation sites (tertiary alicyclic amines) is 1. The van der Waals surface area contributed by atoms with E-state index in [1.807, 2.05) is 27.9 Å². The lowest BCUT2D eigenvalue weighted by molar-refractivity contribution is -0.131. The summed E-state index contributed by atoms with van der Waals surface area (Å²) >= 11 is 3.38. The standard InChI is InChI=1S/C21H30N4OS2/c1-4-15-8-9-17-16(11-15)12-18(28-17)20-22-23-21(24(20)3)27-13-19(26)25-10-6-5-7-14(25)2/h12,14-15H,4-11,13H2,1-3H3. The zero-order valence-corrected chi connectivity index (χ0v) is 18.7. The molecule has 152 valence electrons. The molecule has 1 saturated heterocycles. The van der Waals surface area contributed by atoms with Gasteiger partial charge in [-0.1, -0.05) is 25.1 Å². The third-order valence-electron chi connectivity index (χ3n) is 6.27. The number of nitrogens with zero attached hydrogens (tertiary/aromatic N) is 4. The first kappa shape index (κ1) is 20.0. The van der Waals surface area contributed by atoms with Gasteiger partial charge in [0.15, 0.2) is 11.0 Å². The molecule has 0 bridgehead atoms. The molecule has 4 rings (SSSR count). The number of carbonyl (C=O) groups excluding carboxylic acids is 1. The van der Waals surface area contributed by atoms with Crippen LogP contribution in [0.1, 0.15) is 56.4 Å². The van der Waals surface area contributed by atoms with Gasteiger partial charge < -0.3 is 9.47 Å². The molecule has 1 aliphatic heterocycles. The minimum atomic E-state index is 0.221. The molecule has 0 saturated carbocycles. The van der Waals surface area contributed by atoms with Gasteiger partial charge in [-0.2, -0.15) is 0 Å². The summed E-state index contributed by atoms with van der Waals surface area (Å²) < 4.78 is 2.05. The third kappa shape index (κ3) is 4.01. The van der Waals surface area contributed by atoms with Crippen molar-refractivity contribution in [3.8, 4) is 10.7 Å². The highest BCUT2D eigenvalue weighted by molar-refractivity contribution is 7.99. The molecule has 2 aromatic rings. The fraction of sp³-hybridized carbons (Fsp3) is 0.667. The summed E-state index contributed by atoms with van der Waals surface area (Å²) in [4.78, 5) is 17.4. The van der Waals surface area contributed by atoms with E-state index in [4.69, 9.17) is 0 Å². The number of thioether (sulfide) groups is 1. The quantitative estimate of drug-likeness (QED) is 0.669. The van der Waals surface area contributed by atoms with Crippen LogP contribution in [-0.2, 0) is 24.7 Å². The second-order valence-corrected chi connectivity index (χ2v) is 10.2. The number of thiophene rings is 1. The number of piperidine rings is 1. The topological polar surface area (TPSA) is 51.0 Å². The minimum absolute atomic E-state index is 0.221. The van der Waals surface area contributed by atoms with Gasteiger partial charge in [0.1, 0.15) is 0 Å². The Balaban J connectivity index is 1.43. The SMILES string of the molecule is CCC1CCc2sc(-c3nnc(SCC(=O)N4CCCCC4C)n3C)cc2C1. The maximum absolute atomic E-state index is 12.6. The molecule has 0 spiro atoms. The Morgan fingerprint density at radius 1 is 1.32 bits per heavy atom. The van der Waals surface area contributed by atoms with E-state index in [9.17, 15) is 4.79 Å². The molecule has 1 fully saturated rings. The summed E-state index contributed by atoms with van der Waals surface area (Å²) in [5, 5.41) is 9.65. The molecule has 2 unspecified atom stereocenters. The van der Waals surface area contributed by atoms with E-state index in [1.165, 1.54) is 59.2 Å². The molecule has 5 nitrogen and oxygen atoms in total. The molecule has 0 radical (unpaired) electrons. The molecule has 3 heterocycles. The van der Waals surface area contributed by atoms with Crippen LogP contribution in [0.3, 0.4) is 0 Å². The van der Waals surface area contributed by atoms with E-state index in [0.717, 1.165) is 36.3 Å². The summed E-state index contributed by atoms with van der Waals surface area (Å²) in [6.45, 7) is 5.34. The third-order valence-corrected chi connectivity index (χ3v) is 8.50. The Hall–Kier alpha value is -1.34. The highest BCUT2D eigenvalue weighted by atomic mass is 32.2. The molecule has 2 aromatic heterocycles. The normalized spacial score (nSPS) is 22.3. The Bertz CT molecular complexity index is 844. The summed E-state index contributed by atoms with van der Waals surface area (Å²) in [5.74, 6) is 2.41. The molecular formula is C21H30N4OS2. The fourth-order valence-corrected chi connectivity index (χ4v) is 6.42. The van der Waals surface area contributed by atoms with E-state index >= 15 is 0 Å². The van der Waals surface area contributed by atoms with Crippen molar-refractivity contribution in [1.82, 2.24) is 19.7 Å². The van der Waals surface area contributed by atoms with Crippen LogP contribution in [0.25, 0.3) is 10.7 Å². The van der Waals surface area contributed by atoms with Gasteiger partial charge in [0, 0.05) is 24.5 Å². The summed E-state index contributed by atoms with van der Waals surface area (Å²) in [5.41, 5.74) is 1.50. The van der Waals surface area contributed by atoms with Gasteiger partial charge in [-0.05, 0) is 63.0 Å². The van der Waals surface area contributed by atoms with E-state index < -0.39 is 0 Å². The molecule has 28 heavy (non-hydrogen) atoms. The number of aryl methyl sites for hydroxylation is 1. The van der Waals surface area contributed by atoms with Crippen molar-refractivity contribution >= 4 is 29.0 Å². The molecule has 1 amide bonds. The van der Waals surface area contributed by atoms with E-state index in [0.29, 0.717) is 11.8 Å². The molecule has 0 N–H and O–H groups in total. The van der Waals surface area contributed by atoms with E-state index in [1.54, 1.807) is 0 Å². The van der Waals surface area contributed by atoms with Crippen LogP contribution in [-0.4, -0.2) is 43.9 Å². The van der Waals surface area contributed by atoms with Crippen LogP contribution >= 0.6 is 23.1 Å². The maximum atomic E-state index is 12.6. The molecule has 1 aliphatic carbocycles. The Kier molecular flexibility index (Phi) is 6.11. The first-order valence-corrected chi connectivity index (χ1v) is 12.3. The van der Waals surface area contributed by atoms with Crippen molar-refractivity contribution in [2.75, 3.05) is 12.3 Å². The maximum Gasteiger partial charge on any atom is 0.233 e. The van der Waals surface area contributed by atoms with Gasteiger partial charge in [0.05, 0.1) is 10.6 Å². The number of rotatable bonds is 5. The van der Waals surface area contributed by atoms with Crippen molar-refractivity contribution < 1.29 is 4.79 Å². The second-order valence-electron chi connectivity index (χ2n) is 8.16. The van der Waals surface area contributed by atoms with Gasteiger partial charge in [-0.15, -0.1) is 21.5 Å². The molecule has 0 aromatic carbocycles. The number of hydrogen-bond donors (Lipinski definition) is 0. The largest absolute Gasteiger partial charge is 0.339 e. The zero-order valence-electron chi connectivity index (χ0n) is 17.1. The van der Waals surface area contributed by atoms with Crippen molar-refractivity contribution in [2.45, 2.75) is 70.0 Å². The lowest BCUT2D eigenvalue weighted by Gasteiger charge is -2.33. The molecule has 2 aliphatic rings. The van der Waals surface area contributed by atoms with Gasteiger partial charge in [0.25, 0.3) is 0 Å². The monoisotopic (exact) mass is 418 g/mol. The van der Waals surface area contributed by atoms with Crippen LogP contribution in [0, 0.1) is 5.92 Å². The Morgan fingerprint density at radius 3 is 2.96 bits per heavy atom. The average Bonchev–Trinajstić information content (AvgIpc) is 3.28. The second kappa shape index (κ2) is 8.57. The minimum Gasteiger partial charge on any atom is -0.339 e. The van der Waals surface area contributed by atoms with Gasteiger partial charge in [0.2, 0.25) is 5.91 Å². The van der Waals surface area contributed by atoms with Crippen molar-refractivity contribution in [3.63, 3.8) is 0 Å². The number of hydrogen-bond acceptors (Lipinski definition) is 5. The van der Waals surface area contributed by atoms with Gasteiger partial charge in [-0.25, -0.2) is 0 Å². The zero-order chi connectivity index (χ0) is 19.7. The van der Waals surface area contributed by atoms with Crippen LogP contribution in [0.4, 0.5) is 0 Å². The van der Waals surface area contributed by atoms with E-state index in [2.05, 4.69) is 30.1 Å². The van der Waals surface area contributed by atoms with Gasteiger partial charge in [-0.3, -0.25) is 4.79 Å². The predicted octanol–water partition coefficient (Wildman–Crippen LogP) is 4.55. The highest BCUT2D eigenvalue weighted by Gasteiger charge is 2.25. The highest BCUT2D eigenvalue weighted by Crippen LogP contribution is 2.38. The number of aromatic nitrogens is 3. The smallest absolute Gasteiger partial charge is 0.233 e. The summed E-state index contributed by atoms with van der Waals surface area (Å²) in [6.07, 6.45) is 8.43. The number of fused-ring (bicyclic) bond motifs is 1. The predicted molar refractivity (Wildman–Crippen MR) is 116 cm³/mol. The molecular weight excluding hydrogens is 388 g/mol. The summed E-state index contributed by atoms with van der Waals surface area (Å²) in [6, 6.07) is 2.68. The van der Waals surface area contributed by atoms with Crippen LogP contribution in [0.2, 0.25) is 0 Å². The molecule has 2 atom stereocenters. The van der Waals surface area contributed by atoms with Crippen molar-refractivity contribution in [3.05, 3.63) is 16.5 Å². The first-order chi connectivity index (χ1) is 13.6. The summed E-state index contributed by atoms with van der Waals surface area (Å²) in [7, 11) is 2.01.